The summed E-state index contributed by atoms with van der Waals surface area (Å²) in [6.45, 7) is 9.75. The van der Waals surface area contributed by atoms with E-state index < -0.39 is 0 Å². The van der Waals surface area contributed by atoms with Crippen LogP contribution in [0.3, 0.4) is 0 Å². The van der Waals surface area contributed by atoms with Crippen molar-refractivity contribution in [1.29, 1.82) is 0 Å². The van der Waals surface area contributed by atoms with E-state index in [0.29, 0.717) is 5.56 Å². The normalized spacial score (nSPS) is 15.1. The molecular formula is C24H29N3O2. The molecule has 0 saturated heterocycles. The quantitative estimate of drug-likeness (QED) is 0.564. The summed E-state index contributed by atoms with van der Waals surface area (Å²) < 4.78 is 5.63. The monoisotopic (exact) mass is 391 g/mol. The van der Waals surface area contributed by atoms with Crippen LogP contribution in [0.25, 0.3) is 5.57 Å². The van der Waals surface area contributed by atoms with E-state index in [9.17, 15) is 4.79 Å². The van der Waals surface area contributed by atoms with Gasteiger partial charge >= 0.3 is 0 Å². The standard InChI is InChI=1S/C24H29N3O2/c1-6-12-27-21-14-22(29-5)19(13-20(21)17(2)15-24(27,3)4)16-25-26-23(28)18-10-8-7-9-11-18/h7-11,13-16H,6,12H2,1-5H3,(H,26,28)/b25-16-. The van der Waals surface area contributed by atoms with Crippen molar-refractivity contribution in [3.8, 4) is 5.75 Å². The number of fused-ring (bicyclic) bond motifs is 1. The number of hydrogen-bond donors (Lipinski definition) is 1. The lowest BCUT2D eigenvalue weighted by atomic mass is 9.87. The minimum atomic E-state index is -0.245. The molecule has 1 aliphatic heterocycles. The molecule has 0 aliphatic carbocycles. The molecule has 152 valence electrons. The van der Waals surface area contributed by atoms with Crippen molar-refractivity contribution in [3.05, 3.63) is 65.2 Å². The molecule has 0 spiro atoms. The number of nitrogens with one attached hydrogen (secondary N) is 1. The van der Waals surface area contributed by atoms with Crippen LogP contribution >= 0.6 is 0 Å². The summed E-state index contributed by atoms with van der Waals surface area (Å²) in [5.74, 6) is 0.485. The van der Waals surface area contributed by atoms with Gasteiger partial charge in [0.05, 0.1) is 18.9 Å². The number of ether oxygens (including phenoxy) is 1. The van der Waals surface area contributed by atoms with Gasteiger partial charge in [0.2, 0.25) is 0 Å². The molecule has 2 aromatic carbocycles. The SMILES string of the molecule is CCCN1c2cc(OC)c(/C=N\NC(=O)c3ccccc3)cc2C(C)=CC1(C)C. The molecular weight excluding hydrogens is 362 g/mol. The van der Waals surface area contributed by atoms with Gasteiger partial charge in [-0.05, 0) is 51.0 Å². The Morgan fingerprint density at radius 3 is 2.62 bits per heavy atom. The maximum Gasteiger partial charge on any atom is 0.271 e. The average molecular weight is 392 g/mol. The summed E-state index contributed by atoms with van der Waals surface area (Å²) in [5.41, 5.74) is 7.47. The van der Waals surface area contributed by atoms with Crippen molar-refractivity contribution in [2.24, 2.45) is 5.10 Å². The maximum absolute atomic E-state index is 12.2. The zero-order valence-electron chi connectivity index (χ0n) is 17.8. The van der Waals surface area contributed by atoms with E-state index in [1.54, 1.807) is 25.5 Å². The number of carbonyl (C=O) groups excluding carboxylic acids is 1. The molecule has 0 saturated carbocycles. The molecule has 1 aliphatic rings. The van der Waals surface area contributed by atoms with Gasteiger partial charge < -0.3 is 9.64 Å². The Morgan fingerprint density at radius 2 is 1.97 bits per heavy atom. The second-order valence-corrected chi connectivity index (χ2v) is 7.81. The molecule has 0 atom stereocenters. The summed E-state index contributed by atoms with van der Waals surface area (Å²) >= 11 is 0. The van der Waals surface area contributed by atoms with Gasteiger partial charge in [-0.2, -0.15) is 5.10 Å². The number of hydrogen-bond acceptors (Lipinski definition) is 4. The van der Waals surface area contributed by atoms with Crippen LogP contribution in [0.1, 0.15) is 55.6 Å². The number of rotatable bonds is 6. The first kappa shape index (κ1) is 20.6. The van der Waals surface area contributed by atoms with Gasteiger partial charge in [0.15, 0.2) is 0 Å². The highest BCUT2D eigenvalue weighted by Gasteiger charge is 2.31. The largest absolute Gasteiger partial charge is 0.496 e. The highest BCUT2D eigenvalue weighted by Crippen LogP contribution is 2.41. The first-order chi connectivity index (χ1) is 13.9. The fourth-order valence-corrected chi connectivity index (χ4v) is 3.85. The Labute approximate surface area is 173 Å². The van der Waals surface area contributed by atoms with Crippen LogP contribution in [0.2, 0.25) is 0 Å². The van der Waals surface area contributed by atoms with E-state index in [4.69, 9.17) is 4.74 Å². The minimum absolute atomic E-state index is 0.0582. The molecule has 2 aromatic rings. The molecule has 5 nitrogen and oxygen atoms in total. The van der Waals surface area contributed by atoms with Gasteiger partial charge in [-0.15, -0.1) is 0 Å². The van der Waals surface area contributed by atoms with E-state index in [1.807, 2.05) is 18.2 Å². The number of benzene rings is 2. The lowest BCUT2D eigenvalue weighted by Crippen LogP contribution is -2.45. The van der Waals surface area contributed by atoms with Crippen LogP contribution in [0.4, 0.5) is 5.69 Å². The lowest BCUT2D eigenvalue weighted by Gasteiger charge is -2.43. The number of carbonyl (C=O) groups is 1. The number of amides is 1. The fourth-order valence-electron chi connectivity index (χ4n) is 3.85. The van der Waals surface area contributed by atoms with Crippen LogP contribution < -0.4 is 15.1 Å². The van der Waals surface area contributed by atoms with E-state index in [1.165, 1.54) is 11.3 Å². The number of methoxy groups -OCH3 is 1. The van der Waals surface area contributed by atoms with Crippen molar-refractivity contribution in [2.45, 2.75) is 39.7 Å². The topological polar surface area (TPSA) is 53.9 Å². The molecule has 0 aromatic heterocycles. The molecule has 5 heteroatoms. The molecule has 0 fully saturated rings. The van der Waals surface area contributed by atoms with Crippen LogP contribution in [-0.4, -0.2) is 31.3 Å². The number of anilines is 1. The Hall–Kier alpha value is -3.08. The third kappa shape index (κ3) is 4.34. The fraction of sp³-hybridized carbons (Fsp3) is 0.333. The minimum Gasteiger partial charge on any atom is -0.496 e. The Morgan fingerprint density at radius 1 is 1.24 bits per heavy atom. The Bertz CT molecular complexity index is 946. The smallest absolute Gasteiger partial charge is 0.271 e. The van der Waals surface area contributed by atoms with Gasteiger partial charge in [-0.1, -0.05) is 31.2 Å². The van der Waals surface area contributed by atoms with Crippen molar-refractivity contribution in [3.63, 3.8) is 0 Å². The molecule has 1 heterocycles. The second kappa shape index (κ2) is 8.52. The van der Waals surface area contributed by atoms with Crippen molar-refractivity contribution in [1.82, 2.24) is 5.43 Å². The van der Waals surface area contributed by atoms with Crippen molar-refractivity contribution >= 4 is 23.4 Å². The summed E-state index contributed by atoms with van der Waals surface area (Å²) in [4.78, 5) is 14.6. The number of nitrogens with zero attached hydrogens (tertiary/aromatic N) is 2. The first-order valence-electron chi connectivity index (χ1n) is 9.95. The van der Waals surface area contributed by atoms with Gasteiger partial charge in [-0.3, -0.25) is 4.79 Å². The molecule has 1 amide bonds. The Balaban J connectivity index is 1.91. The predicted molar refractivity (Wildman–Crippen MR) is 120 cm³/mol. The highest BCUT2D eigenvalue weighted by atomic mass is 16.5. The summed E-state index contributed by atoms with van der Waals surface area (Å²) in [6.07, 6.45) is 5.00. The van der Waals surface area contributed by atoms with Gasteiger partial charge in [0.25, 0.3) is 5.91 Å². The van der Waals surface area contributed by atoms with E-state index in [2.05, 4.69) is 61.3 Å². The van der Waals surface area contributed by atoms with Crippen LogP contribution in [-0.2, 0) is 0 Å². The summed E-state index contributed by atoms with van der Waals surface area (Å²) in [6, 6.07) is 13.2. The van der Waals surface area contributed by atoms with Crippen LogP contribution in [0, 0.1) is 0 Å². The number of hydrazone groups is 1. The zero-order chi connectivity index (χ0) is 21.0. The third-order valence-corrected chi connectivity index (χ3v) is 5.18. The van der Waals surface area contributed by atoms with Gasteiger partial charge in [-0.25, -0.2) is 5.43 Å². The molecule has 3 rings (SSSR count). The summed E-state index contributed by atoms with van der Waals surface area (Å²) in [5, 5.41) is 4.15. The maximum atomic E-state index is 12.2. The first-order valence-corrected chi connectivity index (χ1v) is 9.95. The average Bonchev–Trinajstić information content (AvgIpc) is 2.71. The third-order valence-electron chi connectivity index (χ3n) is 5.18. The van der Waals surface area contributed by atoms with E-state index >= 15 is 0 Å². The van der Waals surface area contributed by atoms with E-state index in [-0.39, 0.29) is 11.4 Å². The second-order valence-electron chi connectivity index (χ2n) is 7.81. The van der Waals surface area contributed by atoms with Crippen LogP contribution in [0.15, 0.2) is 53.6 Å². The predicted octanol–water partition coefficient (Wildman–Crippen LogP) is 4.87. The van der Waals surface area contributed by atoms with Crippen LogP contribution in [0.5, 0.6) is 5.75 Å². The molecule has 0 radical (unpaired) electrons. The van der Waals surface area contributed by atoms with Crippen molar-refractivity contribution in [2.75, 3.05) is 18.6 Å². The zero-order valence-corrected chi connectivity index (χ0v) is 17.8. The van der Waals surface area contributed by atoms with Gasteiger partial charge in [0.1, 0.15) is 5.75 Å². The van der Waals surface area contributed by atoms with E-state index in [0.717, 1.165) is 29.8 Å². The molecule has 0 unspecified atom stereocenters. The lowest BCUT2D eigenvalue weighted by molar-refractivity contribution is 0.0955. The number of allylic oxidation sites excluding steroid dienone is 1. The molecule has 1 N–H and O–H groups in total. The van der Waals surface area contributed by atoms with Crippen molar-refractivity contribution < 1.29 is 9.53 Å². The summed E-state index contributed by atoms with van der Waals surface area (Å²) in [7, 11) is 1.66. The molecule has 0 bridgehead atoms. The van der Waals surface area contributed by atoms with Gasteiger partial charge in [0, 0.05) is 35.0 Å². The molecule has 29 heavy (non-hydrogen) atoms. The highest BCUT2D eigenvalue weighted by molar-refractivity contribution is 5.95. The Kier molecular flexibility index (Phi) is 6.06.